The number of benzene rings is 1. The van der Waals surface area contributed by atoms with Crippen molar-refractivity contribution >= 4 is 5.91 Å². The summed E-state index contributed by atoms with van der Waals surface area (Å²) in [5.74, 6) is -0.0257. The van der Waals surface area contributed by atoms with E-state index in [1.165, 1.54) is 6.07 Å². The van der Waals surface area contributed by atoms with Crippen molar-refractivity contribution in [1.82, 2.24) is 10.2 Å². The third-order valence-electron chi connectivity index (χ3n) is 2.81. The van der Waals surface area contributed by atoms with Gasteiger partial charge in [0, 0.05) is 18.7 Å². The Morgan fingerprint density at radius 1 is 1.33 bits per heavy atom. The van der Waals surface area contributed by atoms with Gasteiger partial charge in [0.2, 0.25) is 0 Å². The molecule has 0 atom stereocenters. The molecule has 0 saturated carbocycles. The Bertz CT molecular complexity index is 380. The molecule has 18 heavy (non-hydrogen) atoms. The fourth-order valence-electron chi connectivity index (χ4n) is 1.82. The van der Waals surface area contributed by atoms with Crippen molar-refractivity contribution in [2.45, 2.75) is 20.3 Å². The molecule has 4 nitrogen and oxygen atoms in total. The molecule has 0 radical (unpaired) electrons. The van der Waals surface area contributed by atoms with E-state index in [2.05, 4.69) is 24.1 Å². The summed E-state index contributed by atoms with van der Waals surface area (Å²) < 4.78 is 0. The molecule has 1 aromatic carbocycles. The first-order valence-electron chi connectivity index (χ1n) is 6.47. The minimum atomic E-state index is -0.140. The standard InChI is InChI=1S/C14H22N2O2/c1-3-9-16(4-2)10-8-15-14(18)12-6-5-7-13(17)11-12/h5-7,11,17H,3-4,8-10H2,1-2H3,(H,15,18). The van der Waals surface area contributed by atoms with E-state index in [4.69, 9.17) is 0 Å². The van der Waals surface area contributed by atoms with Gasteiger partial charge >= 0.3 is 0 Å². The van der Waals surface area contributed by atoms with E-state index < -0.39 is 0 Å². The molecule has 0 aliphatic rings. The van der Waals surface area contributed by atoms with Gasteiger partial charge < -0.3 is 15.3 Å². The Labute approximate surface area is 109 Å². The highest BCUT2D eigenvalue weighted by Gasteiger charge is 2.06. The lowest BCUT2D eigenvalue weighted by molar-refractivity contribution is 0.0948. The minimum absolute atomic E-state index is 0.115. The summed E-state index contributed by atoms with van der Waals surface area (Å²) in [6, 6.07) is 6.38. The lowest BCUT2D eigenvalue weighted by atomic mass is 10.2. The normalized spacial score (nSPS) is 10.6. The topological polar surface area (TPSA) is 52.6 Å². The van der Waals surface area contributed by atoms with Crippen LogP contribution >= 0.6 is 0 Å². The largest absolute Gasteiger partial charge is 0.508 e. The molecule has 0 unspecified atom stereocenters. The quantitative estimate of drug-likeness (QED) is 0.776. The number of hydrogen-bond acceptors (Lipinski definition) is 3. The van der Waals surface area contributed by atoms with Crippen LogP contribution in [0.1, 0.15) is 30.6 Å². The van der Waals surface area contributed by atoms with Crippen LogP contribution in [0.25, 0.3) is 0 Å². The average Bonchev–Trinajstić information content (AvgIpc) is 2.37. The summed E-state index contributed by atoms with van der Waals surface area (Å²) in [7, 11) is 0. The molecular formula is C14H22N2O2. The van der Waals surface area contributed by atoms with Gasteiger partial charge in [-0.2, -0.15) is 0 Å². The summed E-state index contributed by atoms with van der Waals surface area (Å²) >= 11 is 0. The number of hydrogen-bond donors (Lipinski definition) is 2. The molecule has 0 spiro atoms. The van der Waals surface area contributed by atoms with Crippen molar-refractivity contribution in [3.05, 3.63) is 29.8 Å². The van der Waals surface area contributed by atoms with Gasteiger partial charge in [0.05, 0.1) is 0 Å². The van der Waals surface area contributed by atoms with Crippen molar-refractivity contribution in [2.75, 3.05) is 26.2 Å². The first kappa shape index (κ1) is 14.5. The highest BCUT2D eigenvalue weighted by molar-refractivity contribution is 5.94. The fraction of sp³-hybridized carbons (Fsp3) is 0.500. The van der Waals surface area contributed by atoms with Crippen LogP contribution in [-0.4, -0.2) is 42.1 Å². The van der Waals surface area contributed by atoms with Crippen molar-refractivity contribution < 1.29 is 9.90 Å². The smallest absolute Gasteiger partial charge is 0.251 e. The molecule has 0 fully saturated rings. The molecule has 2 N–H and O–H groups in total. The number of nitrogens with zero attached hydrogens (tertiary/aromatic N) is 1. The summed E-state index contributed by atoms with van der Waals surface area (Å²) in [6.07, 6.45) is 1.12. The van der Waals surface area contributed by atoms with Crippen LogP contribution in [0.15, 0.2) is 24.3 Å². The van der Waals surface area contributed by atoms with Crippen molar-refractivity contribution in [3.63, 3.8) is 0 Å². The van der Waals surface area contributed by atoms with Crippen molar-refractivity contribution in [2.24, 2.45) is 0 Å². The molecule has 1 aromatic rings. The van der Waals surface area contributed by atoms with Crippen LogP contribution in [0.5, 0.6) is 5.75 Å². The SMILES string of the molecule is CCCN(CC)CCNC(=O)c1cccc(O)c1. The Morgan fingerprint density at radius 2 is 2.11 bits per heavy atom. The first-order chi connectivity index (χ1) is 8.67. The summed E-state index contributed by atoms with van der Waals surface area (Å²) in [6.45, 7) is 7.80. The van der Waals surface area contributed by atoms with Crippen LogP contribution in [-0.2, 0) is 0 Å². The zero-order chi connectivity index (χ0) is 13.4. The Hall–Kier alpha value is -1.55. The van der Waals surface area contributed by atoms with Gasteiger partial charge in [-0.1, -0.05) is 19.9 Å². The van der Waals surface area contributed by atoms with Gasteiger partial charge in [-0.05, 0) is 37.7 Å². The summed E-state index contributed by atoms with van der Waals surface area (Å²) in [5.41, 5.74) is 0.494. The van der Waals surface area contributed by atoms with Gasteiger partial charge in [0.1, 0.15) is 5.75 Å². The maximum atomic E-state index is 11.8. The molecule has 0 heterocycles. The predicted molar refractivity (Wildman–Crippen MR) is 72.8 cm³/mol. The van der Waals surface area contributed by atoms with Crippen LogP contribution in [0.4, 0.5) is 0 Å². The number of amides is 1. The second-order valence-electron chi connectivity index (χ2n) is 4.24. The van der Waals surface area contributed by atoms with Crippen LogP contribution in [0.3, 0.4) is 0 Å². The molecule has 100 valence electrons. The highest BCUT2D eigenvalue weighted by atomic mass is 16.3. The number of nitrogens with one attached hydrogen (secondary N) is 1. The lowest BCUT2D eigenvalue weighted by Crippen LogP contribution is -2.35. The van der Waals surface area contributed by atoms with Crippen LogP contribution in [0.2, 0.25) is 0 Å². The third-order valence-corrected chi connectivity index (χ3v) is 2.81. The summed E-state index contributed by atoms with van der Waals surface area (Å²) in [5, 5.41) is 12.2. The number of aromatic hydroxyl groups is 1. The van der Waals surface area contributed by atoms with E-state index in [1.54, 1.807) is 18.2 Å². The number of likely N-dealkylation sites (N-methyl/N-ethyl adjacent to an activating group) is 1. The third kappa shape index (κ3) is 4.75. The molecule has 0 saturated heterocycles. The van der Waals surface area contributed by atoms with E-state index in [0.717, 1.165) is 26.1 Å². The zero-order valence-corrected chi connectivity index (χ0v) is 11.1. The van der Waals surface area contributed by atoms with E-state index in [1.807, 2.05) is 0 Å². The van der Waals surface area contributed by atoms with Crippen LogP contribution < -0.4 is 5.32 Å². The monoisotopic (exact) mass is 250 g/mol. The molecular weight excluding hydrogens is 228 g/mol. The zero-order valence-electron chi connectivity index (χ0n) is 11.1. The molecule has 0 aliphatic heterocycles. The average molecular weight is 250 g/mol. The Kier molecular flexibility index (Phi) is 6.22. The van der Waals surface area contributed by atoms with Gasteiger partial charge in [-0.25, -0.2) is 0 Å². The number of phenolic OH excluding ortho intramolecular Hbond substituents is 1. The van der Waals surface area contributed by atoms with Crippen molar-refractivity contribution in [3.8, 4) is 5.75 Å². The molecule has 1 amide bonds. The number of carbonyl (C=O) groups excluding carboxylic acids is 1. The van der Waals surface area contributed by atoms with Gasteiger partial charge in [0.15, 0.2) is 0 Å². The Balaban J connectivity index is 2.37. The van der Waals surface area contributed by atoms with E-state index >= 15 is 0 Å². The second-order valence-corrected chi connectivity index (χ2v) is 4.24. The first-order valence-corrected chi connectivity index (χ1v) is 6.47. The summed E-state index contributed by atoms with van der Waals surface area (Å²) in [4.78, 5) is 14.1. The molecule has 0 aromatic heterocycles. The predicted octanol–water partition coefficient (Wildman–Crippen LogP) is 1.85. The molecule has 0 aliphatic carbocycles. The molecule has 4 heteroatoms. The number of rotatable bonds is 7. The van der Waals surface area contributed by atoms with E-state index in [-0.39, 0.29) is 11.7 Å². The molecule has 1 rings (SSSR count). The maximum Gasteiger partial charge on any atom is 0.251 e. The lowest BCUT2D eigenvalue weighted by Gasteiger charge is -2.19. The van der Waals surface area contributed by atoms with E-state index in [9.17, 15) is 9.90 Å². The highest BCUT2D eigenvalue weighted by Crippen LogP contribution is 2.10. The van der Waals surface area contributed by atoms with Gasteiger partial charge in [-0.15, -0.1) is 0 Å². The molecule has 0 bridgehead atoms. The Morgan fingerprint density at radius 3 is 2.72 bits per heavy atom. The van der Waals surface area contributed by atoms with Gasteiger partial charge in [0.25, 0.3) is 5.91 Å². The van der Waals surface area contributed by atoms with E-state index in [0.29, 0.717) is 12.1 Å². The second kappa shape index (κ2) is 7.71. The number of carbonyl (C=O) groups is 1. The maximum absolute atomic E-state index is 11.8. The van der Waals surface area contributed by atoms with Gasteiger partial charge in [-0.3, -0.25) is 4.79 Å². The number of phenols is 1. The van der Waals surface area contributed by atoms with Crippen LogP contribution in [0, 0.1) is 0 Å². The fourth-order valence-corrected chi connectivity index (χ4v) is 1.82. The van der Waals surface area contributed by atoms with Crippen molar-refractivity contribution in [1.29, 1.82) is 0 Å². The minimum Gasteiger partial charge on any atom is -0.508 e.